The number of anilines is 1. The van der Waals surface area contributed by atoms with Crippen LogP contribution in [0.3, 0.4) is 0 Å². The van der Waals surface area contributed by atoms with Crippen LogP contribution in [0, 0.1) is 0 Å². The number of nitrogens with one attached hydrogen (secondary N) is 1. The molecule has 0 bridgehead atoms. The van der Waals surface area contributed by atoms with Crippen molar-refractivity contribution in [1.82, 2.24) is 5.32 Å². The molecule has 0 fully saturated rings. The molecule has 80 valence electrons. The van der Waals surface area contributed by atoms with E-state index in [0.717, 1.165) is 0 Å². The number of nitrogen functional groups attached to an aromatic ring is 1. The molecule has 0 unspecified atom stereocenters. The molecule has 1 aliphatic rings. The molecule has 0 aliphatic carbocycles. The van der Waals surface area contributed by atoms with Gasteiger partial charge in [-0.2, -0.15) is 0 Å². The minimum absolute atomic E-state index is 0.232. The second kappa shape index (κ2) is 3.68. The molecule has 1 aliphatic heterocycles. The van der Waals surface area contributed by atoms with E-state index in [2.05, 4.69) is 5.32 Å². The molecule has 0 radical (unpaired) electrons. The molecule has 1 aromatic rings. The second-order valence-corrected chi connectivity index (χ2v) is 3.13. The van der Waals surface area contributed by atoms with Gasteiger partial charge in [0.05, 0.1) is 11.3 Å². The lowest BCUT2D eigenvalue weighted by molar-refractivity contribution is 0.0963. The lowest BCUT2D eigenvalue weighted by Gasteiger charge is -2.20. The number of ether oxygens (including phenoxy) is 2. The molecule has 15 heavy (non-hydrogen) atoms. The monoisotopic (exact) mass is 208 g/mol. The maximum atomic E-state index is 11.4. The number of nitrogens with two attached hydrogens (primary N) is 1. The van der Waals surface area contributed by atoms with E-state index in [9.17, 15) is 4.79 Å². The highest BCUT2D eigenvalue weighted by molar-refractivity contribution is 6.00. The molecule has 1 heterocycles. The van der Waals surface area contributed by atoms with E-state index in [4.69, 9.17) is 15.2 Å². The number of fused-ring (bicyclic) bond motifs is 1. The van der Waals surface area contributed by atoms with Gasteiger partial charge in [0.2, 0.25) is 0 Å². The molecule has 2 rings (SSSR count). The van der Waals surface area contributed by atoms with Crippen molar-refractivity contribution in [3.8, 4) is 11.5 Å². The first kappa shape index (κ1) is 9.64. The lowest BCUT2D eigenvalue weighted by Crippen LogP contribution is -2.22. The normalized spacial score (nSPS) is 13.4. The fraction of sp³-hybridized carbons (Fsp3) is 0.300. The van der Waals surface area contributed by atoms with Gasteiger partial charge in [-0.15, -0.1) is 0 Å². The standard InChI is InChI=1S/C10H12N2O3/c1-12-10(13)6-2-3-7-9(8(6)11)15-5-4-14-7/h2-3H,4-5,11H2,1H3,(H,12,13). The summed E-state index contributed by atoms with van der Waals surface area (Å²) < 4.78 is 10.7. The summed E-state index contributed by atoms with van der Waals surface area (Å²) in [7, 11) is 1.55. The van der Waals surface area contributed by atoms with E-state index in [-0.39, 0.29) is 5.91 Å². The van der Waals surface area contributed by atoms with Crippen LogP contribution in [-0.2, 0) is 0 Å². The molecule has 5 nitrogen and oxygen atoms in total. The third-order valence-electron chi connectivity index (χ3n) is 2.22. The molecule has 0 spiro atoms. The van der Waals surface area contributed by atoms with Crippen LogP contribution >= 0.6 is 0 Å². The van der Waals surface area contributed by atoms with Gasteiger partial charge in [-0.1, -0.05) is 0 Å². The summed E-state index contributed by atoms with van der Waals surface area (Å²) in [4.78, 5) is 11.4. The Morgan fingerprint density at radius 2 is 2.13 bits per heavy atom. The van der Waals surface area contributed by atoms with Crippen LogP contribution in [0.1, 0.15) is 10.4 Å². The van der Waals surface area contributed by atoms with Gasteiger partial charge in [0.15, 0.2) is 11.5 Å². The van der Waals surface area contributed by atoms with Crippen molar-refractivity contribution in [1.29, 1.82) is 0 Å². The topological polar surface area (TPSA) is 73.6 Å². The highest BCUT2D eigenvalue weighted by atomic mass is 16.6. The zero-order chi connectivity index (χ0) is 10.8. The summed E-state index contributed by atoms with van der Waals surface area (Å²) >= 11 is 0. The lowest BCUT2D eigenvalue weighted by atomic mass is 10.1. The molecule has 0 saturated heterocycles. The van der Waals surface area contributed by atoms with Crippen molar-refractivity contribution in [3.63, 3.8) is 0 Å². The summed E-state index contributed by atoms with van der Waals surface area (Å²) in [6, 6.07) is 3.32. The molecule has 3 N–H and O–H groups in total. The van der Waals surface area contributed by atoms with E-state index in [1.165, 1.54) is 0 Å². The largest absolute Gasteiger partial charge is 0.486 e. The van der Waals surface area contributed by atoms with Crippen LogP contribution in [0.15, 0.2) is 12.1 Å². The molecule has 0 aromatic heterocycles. The van der Waals surface area contributed by atoms with Gasteiger partial charge in [0.1, 0.15) is 13.2 Å². The maximum Gasteiger partial charge on any atom is 0.253 e. The van der Waals surface area contributed by atoms with Gasteiger partial charge in [-0.25, -0.2) is 0 Å². The molecule has 1 aromatic carbocycles. The van der Waals surface area contributed by atoms with Gasteiger partial charge >= 0.3 is 0 Å². The van der Waals surface area contributed by atoms with Gasteiger partial charge < -0.3 is 20.5 Å². The SMILES string of the molecule is CNC(=O)c1ccc2c(c1N)OCCO2. The van der Waals surface area contributed by atoms with Gasteiger partial charge in [0.25, 0.3) is 5.91 Å². The minimum Gasteiger partial charge on any atom is -0.486 e. The molecular formula is C10H12N2O3. The number of rotatable bonds is 1. The maximum absolute atomic E-state index is 11.4. The Morgan fingerprint density at radius 3 is 2.87 bits per heavy atom. The fourth-order valence-corrected chi connectivity index (χ4v) is 1.47. The van der Waals surface area contributed by atoms with Crippen LogP contribution in [0.25, 0.3) is 0 Å². The zero-order valence-corrected chi connectivity index (χ0v) is 8.37. The van der Waals surface area contributed by atoms with E-state index in [1.54, 1.807) is 19.2 Å². The number of carbonyl (C=O) groups excluding carboxylic acids is 1. The summed E-state index contributed by atoms with van der Waals surface area (Å²) in [5, 5.41) is 2.51. The Labute approximate surface area is 87.2 Å². The summed E-state index contributed by atoms with van der Waals surface area (Å²) in [5.74, 6) is 0.818. The Kier molecular flexibility index (Phi) is 2.37. The quantitative estimate of drug-likeness (QED) is 0.655. The predicted molar refractivity (Wildman–Crippen MR) is 55.2 cm³/mol. The van der Waals surface area contributed by atoms with Gasteiger partial charge in [-0.3, -0.25) is 4.79 Å². The van der Waals surface area contributed by atoms with Crippen molar-refractivity contribution in [3.05, 3.63) is 17.7 Å². The Hall–Kier alpha value is -1.91. The van der Waals surface area contributed by atoms with Crippen molar-refractivity contribution < 1.29 is 14.3 Å². The summed E-state index contributed by atoms with van der Waals surface area (Å²) in [5.41, 5.74) is 6.54. The molecule has 0 saturated carbocycles. The number of benzene rings is 1. The van der Waals surface area contributed by atoms with Crippen molar-refractivity contribution in [2.24, 2.45) is 0 Å². The first-order chi connectivity index (χ1) is 7.24. The highest BCUT2D eigenvalue weighted by Gasteiger charge is 2.19. The number of hydrogen-bond donors (Lipinski definition) is 2. The average Bonchev–Trinajstić information content (AvgIpc) is 2.29. The van der Waals surface area contributed by atoms with Gasteiger partial charge in [0, 0.05) is 7.05 Å². The fourth-order valence-electron chi connectivity index (χ4n) is 1.47. The number of hydrogen-bond acceptors (Lipinski definition) is 4. The van der Waals surface area contributed by atoms with E-state index in [1.807, 2.05) is 0 Å². The predicted octanol–water partition coefficient (Wildman–Crippen LogP) is 0.400. The van der Waals surface area contributed by atoms with Crippen molar-refractivity contribution >= 4 is 11.6 Å². The van der Waals surface area contributed by atoms with Crippen LogP contribution in [-0.4, -0.2) is 26.2 Å². The minimum atomic E-state index is -0.232. The van der Waals surface area contributed by atoms with Crippen LogP contribution in [0.5, 0.6) is 11.5 Å². The third kappa shape index (κ3) is 1.56. The summed E-state index contributed by atoms with van der Waals surface area (Å²) in [6.07, 6.45) is 0. The van der Waals surface area contributed by atoms with Crippen molar-refractivity contribution in [2.75, 3.05) is 26.0 Å². The highest BCUT2D eigenvalue weighted by Crippen LogP contribution is 2.37. The van der Waals surface area contributed by atoms with Crippen molar-refractivity contribution in [2.45, 2.75) is 0 Å². The van der Waals surface area contributed by atoms with Gasteiger partial charge in [-0.05, 0) is 12.1 Å². The number of amides is 1. The zero-order valence-electron chi connectivity index (χ0n) is 8.37. The summed E-state index contributed by atoms with van der Waals surface area (Å²) in [6.45, 7) is 0.958. The third-order valence-corrected chi connectivity index (χ3v) is 2.22. The average molecular weight is 208 g/mol. The van der Waals surface area contributed by atoms with Crippen LogP contribution < -0.4 is 20.5 Å². The number of carbonyl (C=O) groups is 1. The molecule has 1 amide bonds. The van der Waals surface area contributed by atoms with Crippen LogP contribution in [0.2, 0.25) is 0 Å². The molecule has 0 atom stereocenters. The first-order valence-electron chi connectivity index (χ1n) is 4.64. The van der Waals surface area contributed by atoms with E-state index >= 15 is 0 Å². The molecule has 5 heteroatoms. The van der Waals surface area contributed by atoms with E-state index < -0.39 is 0 Å². The smallest absolute Gasteiger partial charge is 0.253 e. The Bertz CT molecular complexity index is 404. The van der Waals surface area contributed by atoms with Crippen LogP contribution in [0.4, 0.5) is 5.69 Å². The van der Waals surface area contributed by atoms with E-state index in [0.29, 0.717) is 36.0 Å². The second-order valence-electron chi connectivity index (χ2n) is 3.13. The Balaban J connectivity index is 2.47. The molecular weight excluding hydrogens is 196 g/mol. The Morgan fingerprint density at radius 1 is 1.40 bits per heavy atom. The first-order valence-corrected chi connectivity index (χ1v) is 4.64.